The number of hydrogen-bond acceptors (Lipinski definition) is 4. The van der Waals surface area contributed by atoms with Crippen molar-refractivity contribution in [1.29, 1.82) is 0 Å². The molecule has 0 spiro atoms. The van der Waals surface area contributed by atoms with Crippen LogP contribution in [0.5, 0.6) is 0 Å². The molecule has 1 aromatic rings. The zero-order valence-electron chi connectivity index (χ0n) is 9.46. The molecule has 0 fully saturated rings. The molecule has 0 saturated heterocycles. The molecule has 1 N–H and O–H groups in total. The number of carboxylic acids is 1. The summed E-state index contributed by atoms with van der Waals surface area (Å²) in [5, 5.41) is 19.4. The first-order valence-corrected chi connectivity index (χ1v) is 5.22. The minimum atomic E-state index is -1.19. The Bertz CT molecular complexity index is 413. The molecule has 0 amide bonds. The van der Waals surface area contributed by atoms with Gasteiger partial charge in [0, 0.05) is 19.2 Å². The second-order valence-electron chi connectivity index (χ2n) is 3.45. The molecule has 0 atom stereocenters. The Kier molecular flexibility index (Phi) is 4.65. The summed E-state index contributed by atoms with van der Waals surface area (Å²) in [5.74, 6) is -1.19. The Morgan fingerprint density at radius 2 is 2.29 bits per heavy atom. The van der Waals surface area contributed by atoms with Gasteiger partial charge in [0.2, 0.25) is 0 Å². The molecular formula is C10H14N2O5. The minimum Gasteiger partial charge on any atom is -0.477 e. The van der Waals surface area contributed by atoms with Crippen molar-refractivity contribution in [2.75, 3.05) is 13.2 Å². The van der Waals surface area contributed by atoms with Crippen LogP contribution in [0.3, 0.4) is 0 Å². The standard InChI is InChI=1S/C10H14N2O5/c1-2-4-17-5-3-11-7-8(12(15)16)6-9(11)10(13)14/h6-7H,2-5H2,1H3,(H,13,14). The largest absolute Gasteiger partial charge is 0.477 e. The van der Waals surface area contributed by atoms with E-state index >= 15 is 0 Å². The second kappa shape index (κ2) is 6.00. The molecule has 0 aliphatic carbocycles. The molecule has 7 nitrogen and oxygen atoms in total. The number of carbonyl (C=O) groups is 1. The van der Waals surface area contributed by atoms with Gasteiger partial charge in [-0.3, -0.25) is 10.1 Å². The van der Waals surface area contributed by atoms with Gasteiger partial charge in [-0.25, -0.2) is 4.79 Å². The number of aromatic carboxylic acids is 1. The van der Waals surface area contributed by atoms with E-state index in [0.29, 0.717) is 13.2 Å². The molecule has 0 aliphatic heterocycles. The molecule has 0 aromatic carbocycles. The minimum absolute atomic E-state index is 0.100. The first kappa shape index (κ1) is 13.2. The van der Waals surface area contributed by atoms with Crippen molar-refractivity contribution in [3.8, 4) is 0 Å². The van der Waals surface area contributed by atoms with Gasteiger partial charge in [0.1, 0.15) is 5.69 Å². The van der Waals surface area contributed by atoms with Crippen LogP contribution in [0.1, 0.15) is 23.8 Å². The van der Waals surface area contributed by atoms with Gasteiger partial charge in [0.25, 0.3) is 5.69 Å². The highest BCUT2D eigenvalue weighted by Gasteiger charge is 2.18. The number of hydrogen-bond donors (Lipinski definition) is 1. The summed E-state index contributed by atoms with van der Waals surface area (Å²) in [6.45, 7) is 3.17. The van der Waals surface area contributed by atoms with Crippen molar-refractivity contribution >= 4 is 11.7 Å². The van der Waals surface area contributed by atoms with Crippen molar-refractivity contribution in [3.63, 3.8) is 0 Å². The van der Waals surface area contributed by atoms with Crippen molar-refractivity contribution in [2.24, 2.45) is 0 Å². The topological polar surface area (TPSA) is 94.6 Å². The summed E-state index contributed by atoms with van der Waals surface area (Å²) in [6, 6.07) is 1.04. The van der Waals surface area contributed by atoms with E-state index < -0.39 is 10.9 Å². The lowest BCUT2D eigenvalue weighted by molar-refractivity contribution is -0.384. The monoisotopic (exact) mass is 242 g/mol. The lowest BCUT2D eigenvalue weighted by Crippen LogP contribution is -2.11. The number of rotatable bonds is 7. The Balaban J connectivity index is 2.74. The molecule has 0 unspecified atom stereocenters. The van der Waals surface area contributed by atoms with E-state index in [9.17, 15) is 14.9 Å². The molecule has 1 heterocycles. The normalized spacial score (nSPS) is 10.4. The van der Waals surface area contributed by atoms with E-state index in [1.165, 1.54) is 10.8 Å². The smallest absolute Gasteiger partial charge is 0.352 e. The fraction of sp³-hybridized carbons (Fsp3) is 0.500. The van der Waals surface area contributed by atoms with Crippen LogP contribution >= 0.6 is 0 Å². The van der Waals surface area contributed by atoms with Crippen molar-refractivity contribution in [2.45, 2.75) is 19.9 Å². The lowest BCUT2D eigenvalue weighted by atomic mass is 10.4. The van der Waals surface area contributed by atoms with Crippen LogP contribution in [0, 0.1) is 10.1 Å². The Hall–Kier alpha value is -1.89. The van der Waals surface area contributed by atoms with Gasteiger partial charge in [-0.1, -0.05) is 6.92 Å². The van der Waals surface area contributed by atoms with Crippen LogP contribution in [-0.4, -0.2) is 33.8 Å². The van der Waals surface area contributed by atoms with Crippen LogP contribution in [0.4, 0.5) is 5.69 Å². The Labute approximate surface area is 97.8 Å². The maximum atomic E-state index is 10.9. The highest BCUT2D eigenvalue weighted by Crippen LogP contribution is 2.16. The summed E-state index contributed by atoms with van der Waals surface area (Å²) in [7, 11) is 0. The third-order valence-electron chi connectivity index (χ3n) is 2.14. The Morgan fingerprint density at radius 1 is 1.59 bits per heavy atom. The summed E-state index contributed by atoms with van der Waals surface area (Å²) < 4.78 is 6.52. The van der Waals surface area contributed by atoms with Gasteiger partial charge in [-0.2, -0.15) is 0 Å². The van der Waals surface area contributed by atoms with E-state index in [1.54, 1.807) is 0 Å². The van der Waals surface area contributed by atoms with Gasteiger partial charge >= 0.3 is 5.97 Å². The van der Waals surface area contributed by atoms with Crippen LogP contribution in [-0.2, 0) is 11.3 Å². The second-order valence-corrected chi connectivity index (χ2v) is 3.45. The molecule has 17 heavy (non-hydrogen) atoms. The zero-order chi connectivity index (χ0) is 12.8. The van der Waals surface area contributed by atoms with Gasteiger partial charge in [0.05, 0.1) is 17.7 Å². The van der Waals surface area contributed by atoms with Gasteiger partial charge < -0.3 is 14.4 Å². The predicted octanol–water partition coefficient (Wildman–Crippen LogP) is 1.52. The quantitative estimate of drug-likeness (QED) is 0.444. The van der Waals surface area contributed by atoms with E-state index in [4.69, 9.17) is 9.84 Å². The summed E-state index contributed by atoms with van der Waals surface area (Å²) in [4.78, 5) is 20.8. The lowest BCUT2D eigenvalue weighted by Gasteiger charge is -2.05. The summed E-state index contributed by atoms with van der Waals surface area (Å²) in [5.41, 5.74) is -0.324. The molecular weight excluding hydrogens is 228 g/mol. The molecule has 0 bridgehead atoms. The van der Waals surface area contributed by atoms with Crippen LogP contribution < -0.4 is 0 Å². The molecule has 94 valence electrons. The Morgan fingerprint density at radius 3 is 2.82 bits per heavy atom. The number of carboxylic acid groups (broad SMARTS) is 1. The molecule has 1 aromatic heterocycles. The van der Waals surface area contributed by atoms with Crippen LogP contribution in [0.25, 0.3) is 0 Å². The van der Waals surface area contributed by atoms with E-state index in [1.807, 2.05) is 6.92 Å². The zero-order valence-corrected chi connectivity index (χ0v) is 9.46. The van der Waals surface area contributed by atoms with Crippen LogP contribution in [0.15, 0.2) is 12.3 Å². The molecule has 0 radical (unpaired) electrons. The molecule has 0 saturated carbocycles. The van der Waals surface area contributed by atoms with E-state index in [2.05, 4.69) is 0 Å². The SMILES string of the molecule is CCCOCCn1cc([N+](=O)[O-])cc1C(=O)O. The van der Waals surface area contributed by atoms with Crippen molar-refractivity contribution < 1.29 is 19.6 Å². The first-order valence-electron chi connectivity index (χ1n) is 5.22. The summed E-state index contributed by atoms with van der Waals surface area (Å²) in [6.07, 6.45) is 2.08. The average Bonchev–Trinajstić information content (AvgIpc) is 2.68. The number of ether oxygens (including phenoxy) is 1. The van der Waals surface area contributed by atoms with Crippen molar-refractivity contribution in [1.82, 2.24) is 4.57 Å². The first-order chi connectivity index (χ1) is 8.06. The number of nitro groups is 1. The third kappa shape index (κ3) is 3.56. The molecule has 7 heteroatoms. The average molecular weight is 242 g/mol. The fourth-order valence-corrected chi connectivity index (χ4v) is 1.37. The maximum absolute atomic E-state index is 10.9. The predicted molar refractivity (Wildman–Crippen MR) is 59.2 cm³/mol. The van der Waals surface area contributed by atoms with E-state index in [-0.39, 0.29) is 17.9 Å². The number of nitrogens with zero attached hydrogens (tertiary/aromatic N) is 2. The molecule has 1 rings (SSSR count). The number of aromatic nitrogens is 1. The van der Waals surface area contributed by atoms with E-state index in [0.717, 1.165) is 12.5 Å². The third-order valence-corrected chi connectivity index (χ3v) is 2.14. The van der Waals surface area contributed by atoms with Gasteiger partial charge in [-0.15, -0.1) is 0 Å². The van der Waals surface area contributed by atoms with Gasteiger partial charge in [0.15, 0.2) is 0 Å². The van der Waals surface area contributed by atoms with Crippen LogP contribution in [0.2, 0.25) is 0 Å². The highest BCUT2D eigenvalue weighted by molar-refractivity contribution is 5.86. The maximum Gasteiger partial charge on any atom is 0.352 e. The van der Waals surface area contributed by atoms with Crippen molar-refractivity contribution in [3.05, 3.63) is 28.1 Å². The van der Waals surface area contributed by atoms with Gasteiger partial charge in [-0.05, 0) is 6.42 Å². The highest BCUT2D eigenvalue weighted by atomic mass is 16.6. The fourth-order valence-electron chi connectivity index (χ4n) is 1.37. The molecule has 0 aliphatic rings. The summed E-state index contributed by atoms with van der Waals surface area (Å²) >= 11 is 0.